The van der Waals surface area contributed by atoms with Crippen LogP contribution in [0.5, 0.6) is 11.5 Å². The molecule has 9 heteroatoms. The Morgan fingerprint density at radius 1 is 0.615 bits per heavy atom. The number of hydrogen-bond donors (Lipinski definition) is 0. The molecule has 1 fully saturated rings. The van der Waals surface area contributed by atoms with Crippen LogP contribution in [-0.2, 0) is 23.7 Å². The molecule has 2 aromatic rings. The van der Waals surface area contributed by atoms with E-state index in [0.29, 0.717) is 46.2 Å². The van der Waals surface area contributed by atoms with E-state index in [1.165, 1.54) is 0 Å². The average molecular weight is 545 g/mol. The highest BCUT2D eigenvalue weighted by atomic mass is 16.6. The molecule has 1 aliphatic rings. The van der Waals surface area contributed by atoms with E-state index < -0.39 is 0 Å². The summed E-state index contributed by atoms with van der Waals surface area (Å²) in [5, 5.41) is 8.54. The van der Waals surface area contributed by atoms with Crippen LogP contribution in [-0.4, -0.2) is 79.3 Å². The molecule has 39 heavy (non-hydrogen) atoms. The molecule has 1 aliphatic heterocycles. The van der Waals surface area contributed by atoms with Gasteiger partial charge < -0.3 is 33.2 Å². The standard InChI is InChI=1S/C30H44N2O7/c1-3-14-38-28-10-6-26(7-11-28)31-32-27-8-12-29(13-9-27)39-22-21-35-20-19-34-18-17-33-15-4-5-16-36-23-30(2)24-37-25-30/h6-13H,3-5,14-25H2,1-2H3. The minimum atomic E-state index is 0.226. The Morgan fingerprint density at radius 3 is 1.56 bits per heavy atom. The van der Waals surface area contributed by atoms with Crippen molar-refractivity contribution in [1.29, 1.82) is 0 Å². The van der Waals surface area contributed by atoms with Gasteiger partial charge in [-0.15, -0.1) is 0 Å². The fourth-order valence-electron chi connectivity index (χ4n) is 3.57. The molecule has 0 amide bonds. The average Bonchev–Trinajstić information content (AvgIpc) is 2.95. The molecule has 0 spiro atoms. The minimum absolute atomic E-state index is 0.226. The highest BCUT2D eigenvalue weighted by molar-refractivity contribution is 5.44. The monoisotopic (exact) mass is 544 g/mol. The zero-order valence-electron chi connectivity index (χ0n) is 23.5. The number of unbranched alkanes of at least 4 members (excludes halogenated alkanes) is 1. The van der Waals surface area contributed by atoms with E-state index in [-0.39, 0.29) is 5.41 Å². The first-order valence-corrected chi connectivity index (χ1v) is 13.9. The molecule has 0 radical (unpaired) electrons. The van der Waals surface area contributed by atoms with Crippen molar-refractivity contribution in [2.24, 2.45) is 15.6 Å². The van der Waals surface area contributed by atoms with Crippen molar-refractivity contribution in [3.05, 3.63) is 48.5 Å². The summed E-state index contributed by atoms with van der Waals surface area (Å²) < 4.78 is 38.9. The van der Waals surface area contributed by atoms with Crippen molar-refractivity contribution >= 4 is 11.4 Å². The third kappa shape index (κ3) is 13.4. The second-order valence-corrected chi connectivity index (χ2v) is 9.78. The predicted octanol–water partition coefficient (Wildman–Crippen LogP) is 6.15. The zero-order valence-corrected chi connectivity index (χ0v) is 23.5. The van der Waals surface area contributed by atoms with E-state index in [1.807, 2.05) is 48.5 Å². The second-order valence-electron chi connectivity index (χ2n) is 9.78. The lowest BCUT2D eigenvalue weighted by atomic mass is 9.90. The van der Waals surface area contributed by atoms with Gasteiger partial charge in [0.2, 0.25) is 0 Å². The summed E-state index contributed by atoms with van der Waals surface area (Å²) in [6, 6.07) is 15.1. The minimum Gasteiger partial charge on any atom is -0.494 e. The largest absolute Gasteiger partial charge is 0.494 e. The Bertz CT molecular complexity index is 918. The Hall–Kier alpha value is -2.56. The first kappa shape index (κ1) is 31.0. The maximum Gasteiger partial charge on any atom is 0.119 e. The smallest absolute Gasteiger partial charge is 0.119 e. The van der Waals surface area contributed by atoms with Crippen LogP contribution in [0.4, 0.5) is 11.4 Å². The van der Waals surface area contributed by atoms with E-state index in [0.717, 1.165) is 75.2 Å². The molecule has 0 N–H and O–H groups in total. The van der Waals surface area contributed by atoms with Crippen molar-refractivity contribution in [3.8, 4) is 11.5 Å². The van der Waals surface area contributed by atoms with Crippen LogP contribution in [0.3, 0.4) is 0 Å². The van der Waals surface area contributed by atoms with Gasteiger partial charge in [-0.3, -0.25) is 0 Å². The topological polar surface area (TPSA) is 89.3 Å². The quantitative estimate of drug-likeness (QED) is 0.130. The summed E-state index contributed by atoms with van der Waals surface area (Å²) in [6.45, 7) is 12.1. The zero-order chi connectivity index (χ0) is 27.4. The molecule has 0 aliphatic carbocycles. The molecule has 0 aromatic heterocycles. The van der Waals surface area contributed by atoms with Gasteiger partial charge in [-0.1, -0.05) is 13.8 Å². The highest BCUT2D eigenvalue weighted by Gasteiger charge is 2.33. The summed E-state index contributed by atoms with van der Waals surface area (Å²) in [5.41, 5.74) is 1.75. The van der Waals surface area contributed by atoms with Crippen molar-refractivity contribution in [2.75, 3.05) is 79.3 Å². The van der Waals surface area contributed by atoms with Gasteiger partial charge in [0, 0.05) is 18.6 Å². The third-order valence-corrected chi connectivity index (χ3v) is 5.85. The Kier molecular flexibility index (Phi) is 14.8. The molecule has 2 aromatic carbocycles. The highest BCUT2D eigenvalue weighted by Crippen LogP contribution is 2.26. The number of nitrogens with zero attached hydrogens (tertiary/aromatic N) is 2. The molecular formula is C30H44N2O7. The van der Waals surface area contributed by atoms with Gasteiger partial charge in [-0.05, 0) is 67.8 Å². The van der Waals surface area contributed by atoms with E-state index in [9.17, 15) is 0 Å². The number of hydrogen-bond acceptors (Lipinski definition) is 9. The van der Waals surface area contributed by atoms with Crippen LogP contribution in [0.1, 0.15) is 33.1 Å². The van der Waals surface area contributed by atoms with Crippen LogP contribution < -0.4 is 9.47 Å². The van der Waals surface area contributed by atoms with Gasteiger partial charge in [0.15, 0.2) is 0 Å². The molecule has 3 rings (SSSR count). The Morgan fingerprint density at radius 2 is 1.08 bits per heavy atom. The Labute approximate surface area is 232 Å². The fraction of sp³-hybridized carbons (Fsp3) is 0.600. The maximum absolute atomic E-state index is 5.71. The van der Waals surface area contributed by atoms with Crippen LogP contribution in [0.15, 0.2) is 58.8 Å². The normalized spacial score (nSPS) is 14.4. The number of azo groups is 1. The van der Waals surface area contributed by atoms with Crippen molar-refractivity contribution in [1.82, 2.24) is 0 Å². The molecule has 9 nitrogen and oxygen atoms in total. The van der Waals surface area contributed by atoms with Crippen LogP contribution >= 0.6 is 0 Å². The van der Waals surface area contributed by atoms with Gasteiger partial charge in [0.1, 0.15) is 18.1 Å². The molecule has 0 saturated carbocycles. The summed E-state index contributed by atoms with van der Waals surface area (Å²) in [4.78, 5) is 0. The first-order valence-electron chi connectivity index (χ1n) is 13.9. The van der Waals surface area contributed by atoms with E-state index in [1.54, 1.807) is 0 Å². The SMILES string of the molecule is CCCOc1ccc(N=Nc2ccc(OCCOCCOCCOCCCCOCC3(C)COC3)cc2)cc1. The lowest BCUT2D eigenvalue weighted by Gasteiger charge is -2.37. The lowest BCUT2D eigenvalue weighted by Crippen LogP contribution is -2.43. The third-order valence-electron chi connectivity index (χ3n) is 5.85. The summed E-state index contributed by atoms with van der Waals surface area (Å²) in [5.74, 6) is 1.60. The van der Waals surface area contributed by atoms with Gasteiger partial charge in [-0.25, -0.2) is 0 Å². The molecule has 216 valence electrons. The molecular weight excluding hydrogens is 500 g/mol. The van der Waals surface area contributed by atoms with E-state index >= 15 is 0 Å². The van der Waals surface area contributed by atoms with Gasteiger partial charge >= 0.3 is 0 Å². The molecule has 0 bridgehead atoms. The molecule has 0 unspecified atom stereocenters. The summed E-state index contributed by atoms with van der Waals surface area (Å²) in [7, 11) is 0. The van der Waals surface area contributed by atoms with Crippen molar-refractivity contribution < 1.29 is 33.2 Å². The van der Waals surface area contributed by atoms with E-state index in [2.05, 4.69) is 24.1 Å². The molecule has 1 heterocycles. The fourth-order valence-corrected chi connectivity index (χ4v) is 3.57. The predicted molar refractivity (Wildman–Crippen MR) is 150 cm³/mol. The Balaban J connectivity index is 1.10. The maximum atomic E-state index is 5.71. The number of benzene rings is 2. The van der Waals surface area contributed by atoms with E-state index in [4.69, 9.17) is 33.2 Å². The molecule has 1 saturated heterocycles. The van der Waals surface area contributed by atoms with Crippen molar-refractivity contribution in [3.63, 3.8) is 0 Å². The van der Waals surface area contributed by atoms with Gasteiger partial charge in [0.05, 0.1) is 70.8 Å². The van der Waals surface area contributed by atoms with Gasteiger partial charge in [0.25, 0.3) is 0 Å². The van der Waals surface area contributed by atoms with Crippen molar-refractivity contribution in [2.45, 2.75) is 33.1 Å². The summed E-state index contributed by atoms with van der Waals surface area (Å²) in [6.07, 6.45) is 2.98. The number of ether oxygens (including phenoxy) is 7. The van der Waals surface area contributed by atoms with Gasteiger partial charge in [-0.2, -0.15) is 10.2 Å². The van der Waals surface area contributed by atoms with Crippen LogP contribution in [0, 0.1) is 5.41 Å². The number of rotatable bonds is 22. The lowest BCUT2D eigenvalue weighted by molar-refractivity contribution is -0.138. The second kappa shape index (κ2) is 18.7. The van der Waals surface area contributed by atoms with Crippen LogP contribution in [0.25, 0.3) is 0 Å². The van der Waals surface area contributed by atoms with Crippen LogP contribution in [0.2, 0.25) is 0 Å². The summed E-state index contributed by atoms with van der Waals surface area (Å²) >= 11 is 0. The first-order chi connectivity index (χ1) is 19.2. The molecule has 0 atom stereocenters.